The van der Waals surface area contributed by atoms with E-state index in [1.165, 1.54) is 29.5 Å². The predicted molar refractivity (Wildman–Crippen MR) is 91.7 cm³/mol. The van der Waals surface area contributed by atoms with Crippen molar-refractivity contribution in [3.05, 3.63) is 53.6 Å². The van der Waals surface area contributed by atoms with Crippen LogP contribution in [0, 0.1) is 0 Å². The van der Waals surface area contributed by atoms with E-state index in [1.54, 1.807) is 0 Å². The fraction of sp³-hybridized carbons (Fsp3) is 0.368. The molecule has 0 amide bonds. The molecule has 1 spiro atoms. The lowest BCUT2D eigenvalue weighted by molar-refractivity contribution is 0.0816. The molecule has 116 valence electrons. The van der Waals surface area contributed by atoms with Crippen LogP contribution in [0.2, 0.25) is 0 Å². The van der Waals surface area contributed by atoms with Crippen LogP contribution < -0.4 is 10.8 Å². The molecular weight excluding hydrogens is 285 g/mol. The monoisotopic (exact) mass is 305 g/mol. The summed E-state index contributed by atoms with van der Waals surface area (Å²) >= 11 is 0. The first kappa shape index (κ1) is 13.8. The zero-order valence-corrected chi connectivity index (χ0v) is 13.1. The molecule has 1 atom stereocenters. The smallest absolute Gasteiger partial charge is 0.423 e. The van der Waals surface area contributed by atoms with Gasteiger partial charge >= 0.3 is 7.12 Å². The van der Waals surface area contributed by atoms with Gasteiger partial charge in [0.25, 0.3) is 0 Å². The van der Waals surface area contributed by atoms with E-state index >= 15 is 0 Å². The molecule has 5 rings (SSSR count). The molecule has 2 N–H and O–H groups in total. The molecule has 2 fully saturated rings. The van der Waals surface area contributed by atoms with Crippen molar-refractivity contribution in [1.82, 2.24) is 5.32 Å². The summed E-state index contributed by atoms with van der Waals surface area (Å²) in [7, 11) is -0.807. The SMILES string of the molecule is OB1OC2(CCNC2)c2ccc(-c3ccccc3C3CC3)cc21. The minimum atomic E-state index is -0.807. The molecule has 1 aliphatic carbocycles. The number of fused-ring (bicyclic) bond motifs is 2. The van der Waals surface area contributed by atoms with Crippen molar-refractivity contribution in [2.45, 2.75) is 30.8 Å². The van der Waals surface area contributed by atoms with E-state index < -0.39 is 7.12 Å². The zero-order chi connectivity index (χ0) is 15.4. The van der Waals surface area contributed by atoms with Crippen molar-refractivity contribution < 1.29 is 9.68 Å². The van der Waals surface area contributed by atoms with Gasteiger partial charge in [-0.25, -0.2) is 0 Å². The van der Waals surface area contributed by atoms with Crippen molar-refractivity contribution >= 4 is 12.6 Å². The summed E-state index contributed by atoms with van der Waals surface area (Å²) < 4.78 is 5.95. The first-order chi connectivity index (χ1) is 11.3. The Kier molecular flexibility index (Phi) is 2.96. The van der Waals surface area contributed by atoms with E-state index in [-0.39, 0.29) is 5.60 Å². The number of rotatable bonds is 2. The minimum Gasteiger partial charge on any atom is -0.423 e. The molecule has 23 heavy (non-hydrogen) atoms. The normalized spacial score (nSPS) is 26.0. The van der Waals surface area contributed by atoms with Crippen LogP contribution in [0.3, 0.4) is 0 Å². The second-order valence-corrected chi connectivity index (χ2v) is 7.05. The van der Waals surface area contributed by atoms with Gasteiger partial charge in [-0.1, -0.05) is 42.5 Å². The Morgan fingerprint density at radius 2 is 2.04 bits per heavy atom. The van der Waals surface area contributed by atoms with Gasteiger partial charge in [0.2, 0.25) is 0 Å². The van der Waals surface area contributed by atoms with Crippen LogP contribution in [0.15, 0.2) is 42.5 Å². The molecule has 1 unspecified atom stereocenters. The molecule has 0 aromatic heterocycles. The van der Waals surface area contributed by atoms with Crippen LogP contribution in [0.25, 0.3) is 11.1 Å². The topological polar surface area (TPSA) is 41.5 Å². The van der Waals surface area contributed by atoms with Gasteiger partial charge in [0.05, 0.1) is 5.60 Å². The lowest BCUT2D eigenvalue weighted by Crippen LogP contribution is -2.31. The van der Waals surface area contributed by atoms with Crippen molar-refractivity contribution in [3.8, 4) is 11.1 Å². The van der Waals surface area contributed by atoms with Crippen LogP contribution >= 0.6 is 0 Å². The van der Waals surface area contributed by atoms with E-state index in [9.17, 15) is 5.02 Å². The molecule has 2 aromatic rings. The predicted octanol–water partition coefficient (Wildman–Crippen LogP) is 2.14. The highest BCUT2D eigenvalue weighted by molar-refractivity contribution is 6.62. The number of hydrogen-bond donors (Lipinski definition) is 2. The Bertz CT molecular complexity index is 766. The maximum atomic E-state index is 10.4. The first-order valence-electron chi connectivity index (χ1n) is 8.57. The average molecular weight is 305 g/mol. The average Bonchev–Trinajstić information content (AvgIpc) is 3.27. The second kappa shape index (κ2) is 4.94. The lowest BCUT2D eigenvalue weighted by atomic mass is 9.76. The molecule has 1 saturated carbocycles. The Labute approximate surface area is 136 Å². The van der Waals surface area contributed by atoms with Crippen molar-refractivity contribution in [2.24, 2.45) is 0 Å². The third-order valence-corrected chi connectivity index (χ3v) is 5.55. The third-order valence-electron chi connectivity index (χ3n) is 5.55. The summed E-state index contributed by atoms with van der Waals surface area (Å²) in [5.41, 5.74) is 5.70. The molecule has 3 aliphatic rings. The van der Waals surface area contributed by atoms with Gasteiger partial charge in [-0.2, -0.15) is 0 Å². The third kappa shape index (κ3) is 2.09. The molecule has 4 heteroatoms. The lowest BCUT2D eigenvalue weighted by Gasteiger charge is -2.24. The molecule has 3 nitrogen and oxygen atoms in total. The summed E-state index contributed by atoms with van der Waals surface area (Å²) in [5, 5.41) is 13.8. The first-order valence-corrected chi connectivity index (χ1v) is 8.57. The van der Waals surface area contributed by atoms with E-state index in [0.29, 0.717) is 5.92 Å². The Balaban J connectivity index is 1.61. The van der Waals surface area contributed by atoms with Crippen LogP contribution in [-0.4, -0.2) is 25.2 Å². The standard InChI is InChI=1S/C19H20BNO2/c22-20-18-11-14(16-4-2-1-3-15(16)13-5-6-13)7-8-17(18)19(23-20)9-10-21-12-19/h1-4,7-8,11,13,21-22H,5-6,9-10,12H2. The van der Waals surface area contributed by atoms with Gasteiger partial charge in [-0.15, -0.1) is 0 Å². The van der Waals surface area contributed by atoms with Crippen LogP contribution in [-0.2, 0) is 10.3 Å². The Hall–Kier alpha value is -1.62. The number of nitrogens with one attached hydrogen (secondary N) is 1. The highest BCUT2D eigenvalue weighted by Gasteiger charge is 2.48. The number of hydrogen-bond acceptors (Lipinski definition) is 3. The largest absolute Gasteiger partial charge is 0.492 e. The molecule has 0 radical (unpaired) electrons. The molecule has 0 bridgehead atoms. The summed E-state index contributed by atoms with van der Waals surface area (Å²) in [6.07, 6.45) is 3.51. The summed E-state index contributed by atoms with van der Waals surface area (Å²) in [5.74, 6) is 0.714. The van der Waals surface area contributed by atoms with Crippen molar-refractivity contribution in [3.63, 3.8) is 0 Å². The quantitative estimate of drug-likeness (QED) is 0.835. The van der Waals surface area contributed by atoms with Gasteiger partial charge in [0.1, 0.15) is 0 Å². The highest BCUT2D eigenvalue weighted by Crippen LogP contribution is 2.45. The van der Waals surface area contributed by atoms with Gasteiger partial charge in [0.15, 0.2) is 0 Å². The summed E-state index contributed by atoms with van der Waals surface area (Å²) in [6, 6.07) is 15.2. The van der Waals surface area contributed by atoms with Gasteiger partial charge in [-0.05, 0) is 59.4 Å². The van der Waals surface area contributed by atoms with Crippen LogP contribution in [0.1, 0.15) is 36.3 Å². The molecular formula is C19H20BNO2. The minimum absolute atomic E-state index is 0.330. The van der Waals surface area contributed by atoms with E-state index in [4.69, 9.17) is 4.65 Å². The van der Waals surface area contributed by atoms with Crippen LogP contribution in [0.5, 0.6) is 0 Å². The van der Waals surface area contributed by atoms with E-state index in [2.05, 4.69) is 47.8 Å². The maximum Gasteiger partial charge on any atom is 0.492 e. The van der Waals surface area contributed by atoms with Gasteiger partial charge in [0, 0.05) is 6.54 Å². The molecule has 2 heterocycles. The zero-order valence-electron chi connectivity index (χ0n) is 13.1. The summed E-state index contributed by atoms with van der Waals surface area (Å²) in [6.45, 7) is 1.73. The second-order valence-electron chi connectivity index (χ2n) is 7.05. The van der Waals surface area contributed by atoms with Gasteiger partial charge in [-0.3, -0.25) is 0 Å². The fourth-order valence-corrected chi connectivity index (χ4v) is 4.20. The number of benzene rings is 2. The van der Waals surface area contributed by atoms with Crippen molar-refractivity contribution in [2.75, 3.05) is 13.1 Å². The highest BCUT2D eigenvalue weighted by atomic mass is 16.5. The van der Waals surface area contributed by atoms with E-state index in [0.717, 1.165) is 30.5 Å². The van der Waals surface area contributed by atoms with Crippen LogP contribution in [0.4, 0.5) is 0 Å². The Morgan fingerprint density at radius 3 is 2.83 bits per heavy atom. The molecule has 2 aliphatic heterocycles. The molecule has 1 saturated heterocycles. The summed E-state index contributed by atoms with van der Waals surface area (Å²) in [4.78, 5) is 0. The Morgan fingerprint density at radius 1 is 1.17 bits per heavy atom. The maximum absolute atomic E-state index is 10.4. The van der Waals surface area contributed by atoms with Gasteiger partial charge < -0.3 is 15.0 Å². The fourth-order valence-electron chi connectivity index (χ4n) is 4.20. The molecule has 2 aromatic carbocycles. The van der Waals surface area contributed by atoms with Crippen molar-refractivity contribution in [1.29, 1.82) is 0 Å². The van der Waals surface area contributed by atoms with E-state index in [1.807, 2.05) is 0 Å².